The van der Waals surface area contributed by atoms with Crippen LogP contribution in [-0.4, -0.2) is 42.4 Å². The number of halogens is 1. The number of carbonyl (C=O) groups excluding carboxylic acids is 2. The Balaban J connectivity index is 0.00000225. The van der Waals surface area contributed by atoms with Crippen molar-refractivity contribution in [3.63, 3.8) is 0 Å². The number of hydrogen-bond donors (Lipinski definition) is 2. The summed E-state index contributed by atoms with van der Waals surface area (Å²) in [6.07, 6.45) is 7.96. The molecule has 6 heteroatoms. The molecule has 1 heterocycles. The van der Waals surface area contributed by atoms with Gasteiger partial charge in [0.2, 0.25) is 11.8 Å². The second-order valence-corrected chi connectivity index (χ2v) is 8.45. The van der Waals surface area contributed by atoms with E-state index in [-0.39, 0.29) is 35.7 Å². The molecule has 1 aliphatic heterocycles. The summed E-state index contributed by atoms with van der Waals surface area (Å²) in [5.41, 5.74) is 8.38. The van der Waals surface area contributed by atoms with Gasteiger partial charge in [-0.25, -0.2) is 0 Å². The van der Waals surface area contributed by atoms with E-state index in [0.29, 0.717) is 25.4 Å². The Kier molecular flexibility index (Phi) is 6.66. The maximum Gasteiger partial charge on any atom is 0.226 e. The van der Waals surface area contributed by atoms with Gasteiger partial charge in [-0.05, 0) is 56.1 Å². The normalized spacial score (nSPS) is 28.2. The third-order valence-electron chi connectivity index (χ3n) is 6.81. The zero-order chi connectivity index (χ0) is 18.9. The van der Waals surface area contributed by atoms with Crippen molar-refractivity contribution in [2.24, 2.45) is 11.7 Å². The van der Waals surface area contributed by atoms with Crippen LogP contribution in [0.25, 0.3) is 0 Å². The Hall–Kier alpha value is -1.59. The lowest BCUT2D eigenvalue weighted by Gasteiger charge is -2.37. The number of rotatable bonds is 5. The lowest BCUT2D eigenvalue weighted by Crippen LogP contribution is -2.50. The molecule has 5 nitrogen and oxygen atoms in total. The van der Waals surface area contributed by atoms with Crippen molar-refractivity contribution in [2.45, 2.75) is 62.8 Å². The molecular formula is C22H32ClN3O2. The molecule has 1 spiro atoms. The predicted molar refractivity (Wildman–Crippen MR) is 112 cm³/mol. The largest absolute Gasteiger partial charge is 0.354 e. The number of nitrogens with one attached hydrogen (secondary N) is 1. The molecule has 1 aromatic rings. The first-order chi connectivity index (χ1) is 13.2. The molecule has 3 unspecified atom stereocenters. The molecule has 3 aliphatic rings. The van der Waals surface area contributed by atoms with Crippen molar-refractivity contribution < 1.29 is 9.59 Å². The van der Waals surface area contributed by atoms with E-state index in [9.17, 15) is 9.59 Å². The van der Waals surface area contributed by atoms with E-state index in [4.69, 9.17) is 5.73 Å². The van der Waals surface area contributed by atoms with Crippen LogP contribution in [0, 0.1) is 5.92 Å². The maximum atomic E-state index is 13.4. The van der Waals surface area contributed by atoms with E-state index in [1.54, 1.807) is 0 Å². The highest BCUT2D eigenvalue weighted by molar-refractivity contribution is 5.86. The summed E-state index contributed by atoms with van der Waals surface area (Å²) < 4.78 is 0. The van der Waals surface area contributed by atoms with Gasteiger partial charge in [-0.1, -0.05) is 24.3 Å². The average molecular weight is 406 g/mol. The van der Waals surface area contributed by atoms with E-state index in [0.717, 1.165) is 45.1 Å². The summed E-state index contributed by atoms with van der Waals surface area (Å²) in [6, 6.07) is 8.82. The second kappa shape index (κ2) is 8.83. The summed E-state index contributed by atoms with van der Waals surface area (Å²) >= 11 is 0. The molecule has 0 bridgehead atoms. The third-order valence-corrected chi connectivity index (χ3v) is 6.81. The van der Waals surface area contributed by atoms with Crippen LogP contribution in [0.15, 0.2) is 24.3 Å². The molecule has 154 valence electrons. The topological polar surface area (TPSA) is 75.4 Å². The number of fused-ring (bicyclic) bond motifs is 2. The fourth-order valence-electron chi connectivity index (χ4n) is 5.31. The quantitative estimate of drug-likeness (QED) is 0.790. The number of nitrogens with zero attached hydrogens (tertiary/aromatic N) is 1. The van der Waals surface area contributed by atoms with Gasteiger partial charge in [0.05, 0.1) is 0 Å². The van der Waals surface area contributed by atoms with Crippen LogP contribution < -0.4 is 11.1 Å². The zero-order valence-corrected chi connectivity index (χ0v) is 17.3. The van der Waals surface area contributed by atoms with Crippen LogP contribution in [-0.2, 0) is 21.4 Å². The number of benzene rings is 1. The Bertz CT molecular complexity index is 725. The number of amides is 2. The predicted octanol–water partition coefficient (Wildman–Crippen LogP) is 2.55. The van der Waals surface area contributed by atoms with E-state index in [1.165, 1.54) is 17.5 Å². The average Bonchev–Trinajstić information content (AvgIpc) is 3.41. The van der Waals surface area contributed by atoms with E-state index in [2.05, 4.69) is 34.5 Å². The van der Waals surface area contributed by atoms with Crippen molar-refractivity contribution in [1.82, 2.24) is 10.2 Å². The number of hydrogen-bond acceptors (Lipinski definition) is 3. The molecule has 2 aliphatic carbocycles. The number of likely N-dealkylation sites (tertiary alicyclic amines) is 1. The zero-order valence-electron chi connectivity index (χ0n) is 16.5. The van der Waals surface area contributed by atoms with Crippen LogP contribution in [0.5, 0.6) is 0 Å². The number of carbonyl (C=O) groups is 2. The molecular weight excluding hydrogens is 374 g/mol. The molecule has 2 amide bonds. The van der Waals surface area contributed by atoms with Crippen LogP contribution in [0.2, 0.25) is 0 Å². The Morgan fingerprint density at radius 2 is 2.04 bits per heavy atom. The highest BCUT2D eigenvalue weighted by Crippen LogP contribution is 2.61. The first kappa shape index (κ1) is 21.1. The van der Waals surface area contributed by atoms with Gasteiger partial charge < -0.3 is 16.0 Å². The smallest absolute Gasteiger partial charge is 0.226 e. The van der Waals surface area contributed by atoms with Crippen LogP contribution in [0.1, 0.15) is 56.1 Å². The van der Waals surface area contributed by atoms with Crippen LogP contribution in [0.4, 0.5) is 0 Å². The standard InChI is InChI=1S/C22H31N3O2.ClH/c23-12-10-20(26)24-15-17-8-3-4-13-25(17)21(27)19-14-22(19)11-5-7-16-6-1-2-9-18(16)22;/h1-2,6,9,17,19H,3-5,7-8,10-15,23H2,(H,24,26);1H. The van der Waals surface area contributed by atoms with Crippen molar-refractivity contribution in [3.8, 4) is 0 Å². The summed E-state index contributed by atoms with van der Waals surface area (Å²) in [5.74, 6) is 0.420. The molecule has 1 saturated heterocycles. The molecule has 28 heavy (non-hydrogen) atoms. The van der Waals surface area contributed by atoms with Gasteiger partial charge >= 0.3 is 0 Å². The SMILES string of the molecule is Cl.NCCC(=O)NCC1CCCCN1C(=O)C1CC12CCCc1ccccc12. The van der Waals surface area contributed by atoms with E-state index >= 15 is 0 Å². The summed E-state index contributed by atoms with van der Waals surface area (Å²) in [5, 5.41) is 2.97. The highest BCUT2D eigenvalue weighted by atomic mass is 35.5. The van der Waals surface area contributed by atoms with Crippen LogP contribution in [0.3, 0.4) is 0 Å². The monoisotopic (exact) mass is 405 g/mol. The molecule has 3 N–H and O–H groups in total. The van der Waals surface area contributed by atoms with Crippen molar-refractivity contribution in [2.75, 3.05) is 19.6 Å². The van der Waals surface area contributed by atoms with Gasteiger partial charge in [-0.2, -0.15) is 0 Å². The first-order valence-corrected chi connectivity index (χ1v) is 10.5. The molecule has 2 fully saturated rings. The minimum Gasteiger partial charge on any atom is -0.354 e. The maximum absolute atomic E-state index is 13.4. The summed E-state index contributed by atoms with van der Waals surface area (Å²) in [7, 11) is 0. The minimum absolute atomic E-state index is 0. The van der Waals surface area contributed by atoms with Gasteiger partial charge in [0.25, 0.3) is 0 Å². The molecule has 0 radical (unpaired) electrons. The van der Waals surface area contributed by atoms with Gasteiger partial charge in [0.1, 0.15) is 0 Å². The Labute approximate surface area is 173 Å². The molecule has 3 atom stereocenters. The van der Waals surface area contributed by atoms with Gasteiger partial charge in [-0.3, -0.25) is 9.59 Å². The van der Waals surface area contributed by atoms with E-state index < -0.39 is 0 Å². The van der Waals surface area contributed by atoms with Crippen LogP contribution >= 0.6 is 12.4 Å². The second-order valence-electron chi connectivity index (χ2n) is 8.45. The molecule has 4 rings (SSSR count). The lowest BCUT2D eigenvalue weighted by molar-refractivity contribution is -0.137. The molecule has 0 aromatic heterocycles. The first-order valence-electron chi connectivity index (χ1n) is 10.5. The van der Waals surface area contributed by atoms with Gasteiger partial charge in [-0.15, -0.1) is 12.4 Å². The fourth-order valence-corrected chi connectivity index (χ4v) is 5.31. The third kappa shape index (κ3) is 3.92. The molecule has 1 saturated carbocycles. The van der Waals surface area contributed by atoms with Gasteiger partial charge in [0, 0.05) is 43.4 Å². The van der Waals surface area contributed by atoms with Gasteiger partial charge in [0.15, 0.2) is 0 Å². The van der Waals surface area contributed by atoms with Crippen molar-refractivity contribution in [1.29, 1.82) is 0 Å². The lowest BCUT2D eigenvalue weighted by atomic mass is 9.78. The minimum atomic E-state index is -0.0143. The highest BCUT2D eigenvalue weighted by Gasteiger charge is 2.61. The number of piperidine rings is 1. The van der Waals surface area contributed by atoms with Crippen molar-refractivity contribution in [3.05, 3.63) is 35.4 Å². The number of aryl methyl sites for hydroxylation is 1. The Morgan fingerprint density at radius 3 is 2.86 bits per heavy atom. The van der Waals surface area contributed by atoms with E-state index in [1.807, 2.05) is 0 Å². The fraction of sp³-hybridized carbons (Fsp3) is 0.636. The Morgan fingerprint density at radius 1 is 1.21 bits per heavy atom. The molecule has 1 aromatic carbocycles. The summed E-state index contributed by atoms with van der Waals surface area (Å²) in [4.78, 5) is 27.3. The number of nitrogens with two attached hydrogens (primary N) is 1. The van der Waals surface area contributed by atoms with Crippen molar-refractivity contribution >= 4 is 24.2 Å². The summed E-state index contributed by atoms with van der Waals surface area (Å²) in [6.45, 7) is 1.74.